The summed E-state index contributed by atoms with van der Waals surface area (Å²) in [4.78, 5) is 2.41. The number of hydrogen-bond donors (Lipinski definition) is 0. The van der Waals surface area contributed by atoms with Gasteiger partial charge in [-0.1, -0.05) is 30.3 Å². The molecular formula is C18H29N3O3S. The van der Waals surface area contributed by atoms with Gasteiger partial charge in [0.15, 0.2) is 0 Å². The van der Waals surface area contributed by atoms with Crippen molar-refractivity contribution in [2.24, 2.45) is 5.92 Å². The van der Waals surface area contributed by atoms with Crippen LogP contribution in [0.5, 0.6) is 0 Å². The molecule has 0 unspecified atom stereocenters. The highest BCUT2D eigenvalue weighted by Gasteiger charge is 2.39. The monoisotopic (exact) mass is 367 g/mol. The Bertz CT molecular complexity index is 653. The molecule has 0 spiro atoms. The Hall–Kier alpha value is -0.990. The van der Waals surface area contributed by atoms with Crippen LogP contribution in [0.1, 0.15) is 18.4 Å². The van der Waals surface area contributed by atoms with E-state index in [0.29, 0.717) is 38.2 Å². The second-order valence-corrected chi connectivity index (χ2v) is 9.19. The largest absolute Gasteiger partial charge is 0.383 e. The summed E-state index contributed by atoms with van der Waals surface area (Å²) in [5.41, 5.74) is 1.01. The van der Waals surface area contributed by atoms with Gasteiger partial charge < -0.3 is 4.74 Å². The van der Waals surface area contributed by atoms with Crippen LogP contribution in [0.4, 0.5) is 0 Å². The molecule has 2 bridgehead atoms. The summed E-state index contributed by atoms with van der Waals surface area (Å²) < 4.78 is 34.6. The fraction of sp³-hybridized carbons (Fsp3) is 0.667. The second-order valence-electron chi connectivity index (χ2n) is 7.15. The third-order valence-electron chi connectivity index (χ3n) is 5.34. The Morgan fingerprint density at radius 1 is 1.16 bits per heavy atom. The van der Waals surface area contributed by atoms with Crippen molar-refractivity contribution in [2.75, 3.05) is 46.9 Å². The number of piperidine rings is 1. The zero-order valence-electron chi connectivity index (χ0n) is 15.2. The molecule has 0 N–H and O–H groups in total. The SMILES string of the molecule is COCCN1C[C@H]2CC[C@@H]1CN(S(=O)(=O)N(C)Cc1ccccc1)C2. The van der Waals surface area contributed by atoms with Gasteiger partial charge in [-0.05, 0) is 24.3 Å². The Balaban J connectivity index is 1.70. The maximum Gasteiger partial charge on any atom is 0.282 e. The molecule has 25 heavy (non-hydrogen) atoms. The third kappa shape index (κ3) is 4.41. The first-order chi connectivity index (χ1) is 12.0. The number of ether oxygens (including phenoxy) is 1. The first-order valence-electron chi connectivity index (χ1n) is 8.99. The van der Waals surface area contributed by atoms with Crippen molar-refractivity contribution in [2.45, 2.75) is 25.4 Å². The molecule has 7 heteroatoms. The minimum Gasteiger partial charge on any atom is -0.383 e. The van der Waals surface area contributed by atoms with Crippen LogP contribution >= 0.6 is 0 Å². The van der Waals surface area contributed by atoms with Crippen LogP contribution in [0.25, 0.3) is 0 Å². The lowest BCUT2D eigenvalue weighted by Gasteiger charge is -2.35. The molecule has 3 aliphatic heterocycles. The molecule has 3 aliphatic rings. The van der Waals surface area contributed by atoms with Gasteiger partial charge in [0.25, 0.3) is 10.2 Å². The zero-order valence-corrected chi connectivity index (χ0v) is 16.0. The van der Waals surface area contributed by atoms with E-state index in [1.54, 1.807) is 18.5 Å². The van der Waals surface area contributed by atoms with Crippen LogP contribution in [0.2, 0.25) is 0 Å². The molecule has 3 saturated heterocycles. The van der Waals surface area contributed by atoms with E-state index in [9.17, 15) is 8.42 Å². The zero-order chi connectivity index (χ0) is 17.9. The topological polar surface area (TPSA) is 53.1 Å². The third-order valence-corrected chi connectivity index (χ3v) is 7.21. The molecule has 2 atom stereocenters. The summed E-state index contributed by atoms with van der Waals surface area (Å²) >= 11 is 0. The maximum atomic E-state index is 13.1. The maximum absolute atomic E-state index is 13.1. The van der Waals surface area contributed by atoms with Gasteiger partial charge in [-0.3, -0.25) is 4.90 Å². The number of fused-ring (bicyclic) bond motifs is 4. The van der Waals surface area contributed by atoms with E-state index in [1.807, 2.05) is 30.3 Å². The highest BCUT2D eigenvalue weighted by molar-refractivity contribution is 7.86. The molecule has 0 saturated carbocycles. The summed E-state index contributed by atoms with van der Waals surface area (Å²) in [6.07, 6.45) is 2.19. The van der Waals surface area contributed by atoms with E-state index < -0.39 is 10.2 Å². The number of benzene rings is 1. The Labute approximate surface area is 151 Å². The van der Waals surface area contributed by atoms with E-state index in [4.69, 9.17) is 4.74 Å². The predicted octanol–water partition coefficient (Wildman–Crippen LogP) is 1.41. The van der Waals surface area contributed by atoms with Crippen molar-refractivity contribution in [3.8, 4) is 0 Å². The van der Waals surface area contributed by atoms with Crippen LogP contribution in [0, 0.1) is 5.92 Å². The fourth-order valence-corrected chi connectivity index (χ4v) is 5.39. The lowest BCUT2D eigenvalue weighted by atomic mass is 9.95. The van der Waals surface area contributed by atoms with Crippen LogP contribution in [0.15, 0.2) is 30.3 Å². The van der Waals surface area contributed by atoms with E-state index in [2.05, 4.69) is 4.90 Å². The van der Waals surface area contributed by atoms with Gasteiger partial charge in [0.05, 0.1) is 6.61 Å². The van der Waals surface area contributed by atoms with Crippen molar-refractivity contribution in [3.05, 3.63) is 35.9 Å². The van der Waals surface area contributed by atoms with Crippen molar-refractivity contribution < 1.29 is 13.2 Å². The molecule has 0 aliphatic carbocycles. The average molecular weight is 368 g/mol. The van der Waals surface area contributed by atoms with Gasteiger partial charge in [-0.2, -0.15) is 17.0 Å². The van der Waals surface area contributed by atoms with E-state index >= 15 is 0 Å². The molecule has 1 aromatic carbocycles. The van der Waals surface area contributed by atoms with Crippen molar-refractivity contribution in [3.63, 3.8) is 0 Å². The molecule has 3 fully saturated rings. The van der Waals surface area contributed by atoms with Crippen molar-refractivity contribution >= 4 is 10.2 Å². The minimum absolute atomic E-state index is 0.300. The van der Waals surface area contributed by atoms with Gasteiger partial charge in [0, 0.05) is 52.9 Å². The average Bonchev–Trinajstić information content (AvgIpc) is 2.93. The first kappa shape index (κ1) is 18.8. The molecule has 0 radical (unpaired) electrons. The molecule has 6 nitrogen and oxygen atoms in total. The van der Waals surface area contributed by atoms with E-state index in [1.165, 1.54) is 4.31 Å². The quantitative estimate of drug-likeness (QED) is 0.731. The number of hydrogen-bond acceptors (Lipinski definition) is 4. The van der Waals surface area contributed by atoms with E-state index in [0.717, 1.165) is 31.5 Å². The van der Waals surface area contributed by atoms with Crippen molar-refractivity contribution in [1.82, 2.24) is 13.5 Å². The molecule has 4 rings (SSSR count). The molecule has 1 aromatic rings. The summed E-state index contributed by atoms with van der Waals surface area (Å²) in [6, 6.07) is 10.0. The Morgan fingerprint density at radius 2 is 1.92 bits per heavy atom. The Morgan fingerprint density at radius 3 is 2.64 bits per heavy atom. The smallest absolute Gasteiger partial charge is 0.282 e. The molecule has 0 amide bonds. The molecule has 3 heterocycles. The normalized spacial score (nSPS) is 25.4. The molecule has 0 aromatic heterocycles. The van der Waals surface area contributed by atoms with Crippen LogP contribution in [-0.4, -0.2) is 74.9 Å². The number of methoxy groups -OCH3 is 1. The van der Waals surface area contributed by atoms with Gasteiger partial charge in [-0.25, -0.2) is 0 Å². The fourth-order valence-electron chi connectivity index (χ4n) is 3.93. The standard InChI is InChI=1S/C18H29N3O3S/c1-19(12-16-6-4-3-5-7-16)25(22,23)21-14-17-8-9-18(15-21)20(13-17)10-11-24-2/h3-7,17-18H,8-15H2,1-2H3/t17-,18-/m1/s1. The summed E-state index contributed by atoms with van der Waals surface area (Å²) in [5.74, 6) is 0.413. The highest BCUT2D eigenvalue weighted by atomic mass is 32.2. The van der Waals surface area contributed by atoms with Gasteiger partial charge in [0.1, 0.15) is 0 Å². The number of rotatable bonds is 7. The van der Waals surface area contributed by atoms with Crippen LogP contribution in [-0.2, 0) is 21.5 Å². The molecular weight excluding hydrogens is 338 g/mol. The van der Waals surface area contributed by atoms with Crippen LogP contribution < -0.4 is 0 Å². The van der Waals surface area contributed by atoms with Gasteiger partial charge in [0.2, 0.25) is 0 Å². The van der Waals surface area contributed by atoms with Crippen LogP contribution in [0.3, 0.4) is 0 Å². The van der Waals surface area contributed by atoms with E-state index in [-0.39, 0.29) is 0 Å². The first-order valence-corrected chi connectivity index (χ1v) is 10.4. The Kier molecular flexibility index (Phi) is 6.12. The summed E-state index contributed by atoms with van der Waals surface area (Å²) in [6.45, 7) is 4.17. The summed E-state index contributed by atoms with van der Waals surface area (Å²) in [7, 11) is -0.0525. The molecule has 140 valence electrons. The second kappa shape index (κ2) is 8.14. The lowest BCUT2D eigenvalue weighted by molar-refractivity contribution is 0.0880. The lowest BCUT2D eigenvalue weighted by Crippen LogP contribution is -2.47. The van der Waals surface area contributed by atoms with Crippen molar-refractivity contribution in [1.29, 1.82) is 0 Å². The van der Waals surface area contributed by atoms with Gasteiger partial charge in [-0.15, -0.1) is 0 Å². The summed E-state index contributed by atoms with van der Waals surface area (Å²) in [5, 5.41) is 0. The van der Waals surface area contributed by atoms with Gasteiger partial charge >= 0.3 is 0 Å². The number of nitrogens with zero attached hydrogens (tertiary/aromatic N) is 3. The predicted molar refractivity (Wildman–Crippen MR) is 98.4 cm³/mol. The highest BCUT2D eigenvalue weighted by Crippen LogP contribution is 2.29. The minimum atomic E-state index is -3.44.